The van der Waals surface area contributed by atoms with E-state index in [2.05, 4.69) is 18.9 Å². The Labute approximate surface area is 119 Å². The first-order chi connectivity index (χ1) is 9.48. The van der Waals surface area contributed by atoms with Crippen LogP contribution in [-0.4, -0.2) is 34.6 Å². The number of hydrogen-bond donors (Lipinski definition) is 0. The van der Waals surface area contributed by atoms with Crippen molar-refractivity contribution < 1.29 is 14.3 Å². The van der Waals surface area contributed by atoms with Gasteiger partial charge in [-0.25, -0.2) is 0 Å². The minimum absolute atomic E-state index is 0.0167. The summed E-state index contributed by atoms with van der Waals surface area (Å²) < 4.78 is 13.2. The zero-order chi connectivity index (χ0) is 14.3. The highest BCUT2D eigenvalue weighted by Gasteiger charge is 2.60. The molecule has 1 aromatic heterocycles. The van der Waals surface area contributed by atoms with E-state index in [9.17, 15) is 4.79 Å². The van der Waals surface area contributed by atoms with Crippen molar-refractivity contribution in [3.63, 3.8) is 0 Å². The number of ether oxygens (including phenoxy) is 2. The van der Waals surface area contributed by atoms with Gasteiger partial charge < -0.3 is 9.47 Å². The first-order valence-electron chi connectivity index (χ1n) is 7.27. The number of aryl methyl sites for hydroxylation is 1. The maximum atomic E-state index is 12.1. The van der Waals surface area contributed by atoms with Gasteiger partial charge in [0.15, 0.2) is 0 Å². The third-order valence-corrected chi connectivity index (χ3v) is 4.59. The van der Waals surface area contributed by atoms with Crippen molar-refractivity contribution in [1.29, 1.82) is 0 Å². The molecule has 0 bridgehead atoms. The number of aromatic nitrogens is 2. The minimum atomic E-state index is -0.167. The van der Waals surface area contributed by atoms with Crippen LogP contribution in [-0.2, 0) is 27.7 Å². The zero-order valence-electron chi connectivity index (χ0n) is 12.3. The lowest BCUT2D eigenvalue weighted by Gasteiger charge is -2.58. The van der Waals surface area contributed by atoms with E-state index in [-0.39, 0.29) is 23.6 Å². The summed E-state index contributed by atoms with van der Waals surface area (Å²) in [5.74, 6) is 0.205. The maximum Gasteiger partial charge on any atom is 0.310 e. The van der Waals surface area contributed by atoms with Crippen LogP contribution in [0.15, 0.2) is 12.4 Å². The second kappa shape index (κ2) is 4.88. The Morgan fingerprint density at radius 3 is 3.10 bits per heavy atom. The average molecular weight is 278 g/mol. The van der Waals surface area contributed by atoms with Crippen molar-refractivity contribution >= 4 is 5.97 Å². The Kier molecular flexibility index (Phi) is 3.32. The molecule has 2 aliphatic rings. The van der Waals surface area contributed by atoms with Gasteiger partial charge in [-0.2, -0.15) is 5.10 Å². The van der Waals surface area contributed by atoms with E-state index in [1.54, 1.807) is 10.9 Å². The van der Waals surface area contributed by atoms with Crippen LogP contribution in [0.5, 0.6) is 0 Å². The van der Waals surface area contributed by atoms with Crippen molar-refractivity contribution in [3.05, 3.63) is 18.0 Å². The van der Waals surface area contributed by atoms with Crippen molar-refractivity contribution in [2.45, 2.75) is 45.3 Å². The fourth-order valence-corrected chi connectivity index (χ4v) is 3.63. The van der Waals surface area contributed by atoms with E-state index < -0.39 is 0 Å². The molecule has 0 spiro atoms. The molecule has 2 fully saturated rings. The number of esters is 1. The van der Waals surface area contributed by atoms with Crippen molar-refractivity contribution in [1.82, 2.24) is 9.78 Å². The monoisotopic (exact) mass is 278 g/mol. The van der Waals surface area contributed by atoms with E-state index in [1.165, 1.54) is 0 Å². The lowest BCUT2D eigenvalue weighted by molar-refractivity contribution is -0.254. The van der Waals surface area contributed by atoms with Gasteiger partial charge in [0.2, 0.25) is 0 Å². The van der Waals surface area contributed by atoms with Gasteiger partial charge in [0.1, 0.15) is 6.10 Å². The van der Waals surface area contributed by atoms with Crippen molar-refractivity contribution in [2.24, 2.45) is 18.4 Å². The van der Waals surface area contributed by atoms with Gasteiger partial charge in [0.25, 0.3) is 0 Å². The molecule has 5 nitrogen and oxygen atoms in total. The van der Waals surface area contributed by atoms with Crippen LogP contribution in [0.3, 0.4) is 0 Å². The molecule has 1 saturated heterocycles. The summed E-state index contributed by atoms with van der Waals surface area (Å²) in [5, 5.41) is 4.07. The molecule has 1 aliphatic heterocycles. The molecule has 1 aliphatic carbocycles. The average Bonchev–Trinajstić information content (AvgIpc) is 2.81. The molecule has 1 aromatic rings. The second-order valence-corrected chi connectivity index (χ2v) is 6.53. The fraction of sp³-hybridized carbons (Fsp3) is 0.733. The molecule has 2 heterocycles. The summed E-state index contributed by atoms with van der Waals surface area (Å²) in [4.78, 5) is 12.1. The normalized spacial score (nSPS) is 31.2. The molecule has 110 valence electrons. The van der Waals surface area contributed by atoms with Crippen LogP contribution < -0.4 is 0 Å². The molecule has 20 heavy (non-hydrogen) atoms. The summed E-state index contributed by atoms with van der Waals surface area (Å²) in [6, 6.07) is 0. The Morgan fingerprint density at radius 1 is 1.60 bits per heavy atom. The second-order valence-electron chi connectivity index (χ2n) is 6.53. The smallest absolute Gasteiger partial charge is 0.310 e. The molecule has 3 atom stereocenters. The molecule has 0 unspecified atom stereocenters. The summed E-state index contributed by atoms with van der Waals surface area (Å²) in [5.41, 5.74) is 0.821. The first kappa shape index (κ1) is 13.6. The van der Waals surface area contributed by atoms with Gasteiger partial charge in [0, 0.05) is 36.7 Å². The number of hydrogen-bond acceptors (Lipinski definition) is 4. The molecule has 1 saturated carbocycles. The largest absolute Gasteiger partial charge is 0.461 e. The molecule has 0 radical (unpaired) electrons. The van der Waals surface area contributed by atoms with E-state index in [4.69, 9.17) is 9.47 Å². The Bertz CT molecular complexity index is 509. The number of fused-ring (bicyclic) bond motifs is 1. The predicted molar refractivity (Wildman–Crippen MR) is 73.0 cm³/mol. The minimum Gasteiger partial charge on any atom is -0.461 e. The molecule has 5 heteroatoms. The first-order valence-corrected chi connectivity index (χ1v) is 7.27. The van der Waals surface area contributed by atoms with Gasteiger partial charge in [0.05, 0.1) is 18.7 Å². The number of carbonyl (C=O) groups excluding carboxylic acids is 1. The molecule has 0 amide bonds. The Balaban J connectivity index is 1.61. The van der Waals surface area contributed by atoms with Gasteiger partial charge in [-0.05, 0) is 12.8 Å². The highest BCUT2D eigenvalue weighted by Crippen LogP contribution is 2.52. The summed E-state index contributed by atoms with van der Waals surface area (Å²) in [7, 11) is 1.84. The highest BCUT2D eigenvalue weighted by molar-refractivity contribution is 5.72. The molecule has 3 rings (SSSR count). The quantitative estimate of drug-likeness (QED) is 0.790. The zero-order valence-corrected chi connectivity index (χ0v) is 12.3. The SMILES string of the molecule is Cn1cc(CC(=O)O[C@@H]2[C@H]3CCCO[C@H]3C2(C)C)cn1. The van der Waals surface area contributed by atoms with E-state index in [0.29, 0.717) is 12.3 Å². The fourth-order valence-electron chi connectivity index (χ4n) is 3.63. The Hall–Kier alpha value is -1.36. The molecular weight excluding hydrogens is 256 g/mol. The van der Waals surface area contributed by atoms with Gasteiger partial charge >= 0.3 is 5.97 Å². The topological polar surface area (TPSA) is 53.4 Å². The highest BCUT2D eigenvalue weighted by atomic mass is 16.6. The van der Waals surface area contributed by atoms with E-state index in [0.717, 1.165) is 25.0 Å². The Morgan fingerprint density at radius 2 is 2.40 bits per heavy atom. The van der Waals surface area contributed by atoms with Crippen LogP contribution >= 0.6 is 0 Å². The molecular formula is C15H22N2O3. The number of rotatable bonds is 3. The standard InChI is InChI=1S/C15H22N2O3/c1-15(2)13-11(5-4-6-19-13)14(15)20-12(18)7-10-8-16-17(3)9-10/h8-9,11,13-14H,4-7H2,1-3H3/t11-,13+,14+/m0/s1. The van der Waals surface area contributed by atoms with E-state index >= 15 is 0 Å². The van der Waals surface area contributed by atoms with Crippen LogP contribution in [0, 0.1) is 11.3 Å². The molecule has 0 N–H and O–H groups in total. The summed E-state index contributed by atoms with van der Waals surface area (Å²) in [6.45, 7) is 5.09. The summed E-state index contributed by atoms with van der Waals surface area (Å²) in [6.07, 6.45) is 6.23. The van der Waals surface area contributed by atoms with Crippen LogP contribution in [0.1, 0.15) is 32.3 Å². The lowest BCUT2D eigenvalue weighted by atomic mass is 9.57. The lowest BCUT2D eigenvalue weighted by Crippen LogP contribution is -2.65. The van der Waals surface area contributed by atoms with Crippen LogP contribution in [0.2, 0.25) is 0 Å². The predicted octanol–water partition coefficient (Wildman–Crippen LogP) is 1.71. The number of carbonyl (C=O) groups is 1. The van der Waals surface area contributed by atoms with Gasteiger partial charge in [-0.15, -0.1) is 0 Å². The van der Waals surface area contributed by atoms with Crippen LogP contribution in [0.4, 0.5) is 0 Å². The van der Waals surface area contributed by atoms with Crippen LogP contribution in [0.25, 0.3) is 0 Å². The maximum absolute atomic E-state index is 12.1. The molecule has 0 aromatic carbocycles. The number of nitrogens with zero attached hydrogens (tertiary/aromatic N) is 2. The van der Waals surface area contributed by atoms with Crippen molar-refractivity contribution in [2.75, 3.05) is 6.61 Å². The van der Waals surface area contributed by atoms with Gasteiger partial charge in [-0.3, -0.25) is 9.48 Å². The third-order valence-electron chi connectivity index (χ3n) is 4.59. The summed E-state index contributed by atoms with van der Waals surface area (Å²) >= 11 is 0. The van der Waals surface area contributed by atoms with Gasteiger partial charge in [-0.1, -0.05) is 13.8 Å². The third kappa shape index (κ3) is 2.24. The van der Waals surface area contributed by atoms with E-state index in [1.807, 2.05) is 13.2 Å². The van der Waals surface area contributed by atoms with Crippen molar-refractivity contribution in [3.8, 4) is 0 Å².